The third kappa shape index (κ3) is 3.61. The number of ether oxygens (including phenoxy) is 1. The van der Waals surface area contributed by atoms with Crippen molar-refractivity contribution in [1.29, 1.82) is 0 Å². The number of rotatable bonds is 5. The number of hydrogen-bond acceptors (Lipinski definition) is 3. The van der Waals surface area contributed by atoms with Crippen molar-refractivity contribution < 1.29 is 9.53 Å². The standard InChI is InChI=1S/C15H13BrO2S/c1-18-14-7-6-11(9-17)8-12(14)10-19-15-5-3-2-4-13(15)16/h2-9H,10H2,1H3. The molecule has 2 rings (SSSR count). The smallest absolute Gasteiger partial charge is 0.150 e. The maximum absolute atomic E-state index is 10.8. The zero-order chi connectivity index (χ0) is 13.7. The van der Waals surface area contributed by atoms with Gasteiger partial charge in [-0.15, -0.1) is 11.8 Å². The van der Waals surface area contributed by atoms with Crippen LogP contribution < -0.4 is 4.74 Å². The zero-order valence-electron chi connectivity index (χ0n) is 10.4. The second-order valence-electron chi connectivity index (χ2n) is 3.91. The highest BCUT2D eigenvalue weighted by molar-refractivity contribution is 9.10. The van der Waals surface area contributed by atoms with Gasteiger partial charge in [0.2, 0.25) is 0 Å². The van der Waals surface area contributed by atoms with Crippen LogP contribution in [0.15, 0.2) is 51.8 Å². The Labute approximate surface area is 125 Å². The third-order valence-electron chi connectivity index (χ3n) is 2.66. The van der Waals surface area contributed by atoms with Gasteiger partial charge in [-0.25, -0.2) is 0 Å². The molecule has 0 saturated heterocycles. The number of hydrogen-bond donors (Lipinski definition) is 0. The van der Waals surface area contributed by atoms with Crippen LogP contribution in [0.25, 0.3) is 0 Å². The van der Waals surface area contributed by atoms with Crippen molar-refractivity contribution in [2.24, 2.45) is 0 Å². The molecule has 0 aliphatic heterocycles. The van der Waals surface area contributed by atoms with E-state index >= 15 is 0 Å². The summed E-state index contributed by atoms with van der Waals surface area (Å²) in [4.78, 5) is 12.0. The van der Waals surface area contributed by atoms with E-state index in [0.717, 1.165) is 27.8 Å². The lowest BCUT2D eigenvalue weighted by Gasteiger charge is -2.09. The van der Waals surface area contributed by atoms with Gasteiger partial charge in [0, 0.05) is 26.2 Å². The quantitative estimate of drug-likeness (QED) is 0.591. The van der Waals surface area contributed by atoms with Crippen molar-refractivity contribution in [3.63, 3.8) is 0 Å². The van der Waals surface area contributed by atoms with Gasteiger partial charge in [-0.3, -0.25) is 4.79 Å². The molecule has 0 heterocycles. The van der Waals surface area contributed by atoms with E-state index < -0.39 is 0 Å². The molecule has 0 radical (unpaired) electrons. The average Bonchev–Trinajstić information content (AvgIpc) is 2.46. The summed E-state index contributed by atoms with van der Waals surface area (Å²) in [6, 6.07) is 13.5. The van der Waals surface area contributed by atoms with Gasteiger partial charge in [0.15, 0.2) is 0 Å². The van der Waals surface area contributed by atoms with E-state index in [1.807, 2.05) is 30.3 Å². The molecule has 0 aliphatic rings. The molecule has 2 aromatic carbocycles. The van der Waals surface area contributed by atoms with Gasteiger partial charge < -0.3 is 4.74 Å². The molecule has 0 aromatic heterocycles. The Kier molecular flexibility index (Phi) is 5.05. The number of benzene rings is 2. The van der Waals surface area contributed by atoms with E-state index in [9.17, 15) is 4.79 Å². The van der Waals surface area contributed by atoms with Gasteiger partial charge in [-0.1, -0.05) is 12.1 Å². The Bertz CT molecular complexity index is 584. The van der Waals surface area contributed by atoms with Crippen LogP contribution in [-0.2, 0) is 5.75 Å². The van der Waals surface area contributed by atoms with Crippen molar-refractivity contribution in [2.75, 3.05) is 7.11 Å². The minimum absolute atomic E-state index is 0.670. The fraction of sp³-hybridized carbons (Fsp3) is 0.133. The Morgan fingerprint density at radius 3 is 2.74 bits per heavy atom. The largest absolute Gasteiger partial charge is 0.496 e. The highest BCUT2D eigenvalue weighted by Crippen LogP contribution is 2.32. The summed E-state index contributed by atoms with van der Waals surface area (Å²) >= 11 is 5.23. The minimum Gasteiger partial charge on any atom is -0.496 e. The highest BCUT2D eigenvalue weighted by Gasteiger charge is 2.06. The van der Waals surface area contributed by atoms with Gasteiger partial charge in [-0.05, 0) is 46.3 Å². The second kappa shape index (κ2) is 6.78. The van der Waals surface area contributed by atoms with Crippen molar-refractivity contribution in [3.8, 4) is 5.75 Å². The van der Waals surface area contributed by atoms with Crippen molar-refractivity contribution in [3.05, 3.63) is 58.1 Å². The summed E-state index contributed by atoms with van der Waals surface area (Å²) in [7, 11) is 1.64. The van der Waals surface area contributed by atoms with E-state index in [1.54, 1.807) is 24.9 Å². The Hall–Kier alpha value is -1.26. The monoisotopic (exact) mass is 336 g/mol. The third-order valence-corrected chi connectivity index (χ3v) is 4.74. The molecule has 19 heavy (non-hydrogen) atoms. The van der Waals surface area contributed by atoms with Gasteiger partial charge >= 0.3 is 0 Å². The number of carbonyl (C=O) groups is 1. The predicted octanol–water partition coefficient (Wildman–Crippen LogP) is 4.56. The van der Waals surface area contributed by atoms with Gasteiger partial charge in [0.1, 0.15) is 12.0 Å². The number of halogens is 1. The molecule has 0 spiro atoms. The molecule has 0 amide bonds. The SMILES string of the molecule is COc1ccc(C=O)cc1CSc1ccccc1Br. The first-order chi connectivity index (χ1) is 9.24. The van der Waals surface area contributed by atoms with Crippen LogP contribution in [-0.4, -0.2) is 13.4 Å². The molecule has 0 unspecified atom stereocenters. The molecule has 0 N–H and O–H groups in total. The summed E-state index contributed by atoms with van der Waals surface area (Å²) in [5.74, 6) is 1.57. The summed E-state index contributed by atoms with van der Waals surface area (Å²) in [6.07, 6.45) is 0.853. The van der Waals surface area contributed by atoms with Crippen LogP contribution in [0, 0.1) is 0 Å². The first kappa shape index (κ1) is 14.2. The molecule has 0 bridgehead atoms. The molecule has 98 valence electrons. The average molecular weight is 337 g/mol. The molecule has 0 saturated carbocycles. The van der Waals surface area contributed by atoms with E-state index in [1.165, 1.54) is 4.90 Å². The maximum Gasteiger partial charge on any atom is 0.150 e. The topological polar surface area (TPSA) is 26.3 Å². The van der Waals surface area contributed by atoms with E-state index in [4.69, 9.17) is 4.74 Å². The number of thioether (sulfide) groups is 1. The van der Waals surface area contributed by atoms with Crippen LogP contribution in [0.3, 0.4) is 0 Å². The Balaban J connectivity index is 2.19. The number of aldehydes is 1. The lowest BCUT2D eigenvalue weighted by atomic mass is 10.1. The first-order valence-electron chi connectivity index (χ1n) is 5.74. The van der Waals surface area contributed by atoms with Crippen LogP contribution in [0.2, 0.25) is 0 Å². The lowest BCUT2D eigenvalue weighted by Crippen LogP contribution is -1.92. The molecule has 2 aromatic rings. The molecule has 0 fully saturated rings. The normalized spacial score (nSPS) is 10.2. The summed E-state index contributed by atoms with van der Waals surface area (Å²) < 4.78 is 6.40. The predicted molar refractivity (Wildman–Crippen MR) is 82.1 cm³/mol. The molecule has 0 aliphatic carbocycles. The first-order valence-corrected chi connectivity index (χ1v) is 7.52. The highest BCUT2D eigenvalue weighted by atomic mass is 79.9. The van der Waals surface area contributed by atoms with Crippen molar-refractivity contribution in [1.82, 2.24) is 0 Å². The van der Waals surface area contributed by atoms with Crippen LogP contribution in [0.4, 0.5) is 0 Å². The van der Waals surface area contributed by atoms with Gasteiger partial charge in [0.05, 0.1) is 7.11 Å². The van der Waals surface area contributed by atoms with E-state index in [-0.39, 0.29) is 0 Å². The maximum atomic E-state index is 10.8. The summed E-state index contributed by atoms with van der Waals surface area (Å²) in [5, 5.41) is 0. The van der Waals surface area contributed by atoms with Crippen LogP contribution >= 0.6 is 27.7 Å². The Morgan fingerprint density at radius 2 is 2.05 bits per heavy atom. The fourth-order valence-electron chi connectivity index (χ4n) is 1.70. The molecule has 4 heteroatoms. The van der Waals surface area contributed by atoms with E-state index in [0.29, 0.717) is 5.56 Å². The summed E-state index contributed by atoms with van der Waals surface area (Å²) in [6.45, 7) is 0. The molecular formula is C15H13BrO2S. The lowest BCUT2D eigenvalue weighted by molar-refractivity contribution is 0.112. The molecule has 0 atom stereocenters. The Morgan fingerprint density at radius 1 is 1.26 bits per heavy atom. The number of carbonyl (C=O) groups excluding carboxylic acids is 1. The van der Waals surface area contributed by atoms with Gasteiger partial charge in [0.25, 0.3) is 0 Å². The molecule has 2 nitrogen and oxygen atoms in total. The van der Waals surface area contributed by atoms with Crippen molar-refractivity contribution in [2.45, 2.75) is 10.6 Å². The van der Waals surface area contributed by atoms with E-state index in [2.05, 4.69) is 22.0 Å². The number of methoxy groups -OCH3 is 1. The second-order valence-corrected chi connectivity index (χ2v) is 5.78. The zero-order valence-corrected chi connectivity index (χ0v) is 12.8. The fourth-order valence-corrected chi connectivity index (χ4v) is 3.25. The van der Waals surface area contributed by atoms with Gasteiger partial charge in [-0.2, -0.15) is 0 Å². The minimum atomic E-state index is 0.670. The van der Waals surface area contributed by atoms with Crippen molar-refractivity contribution >= 4 is 34.0 Å². The molecular weight excluding hydrogens is 324 g/mol. The summed E-state index contributed by atoms with van der Waals surface area (Å²) in [5.41, 5.74) is 1.69. The van der Waals surface area contributed by atoms with Crippen LogP contribution in [0.1, 0.15) is 15.9 Å². The van der Waals surface area contributed by atoms with Crippen LogP contribution in [0.5, 0.6) is 5.75 Å².